The Morgan fingerprint density at radius 2 is 2.09 bits per heavy atom. The van der Waals surface area contributed by atoms with E-state index >= 15 is 0 Å². The number of benzene rings is 1. The molecule has 0 aliphatic heterocycles. The number of aromatic nitrogens is 2. The van der Waals surface area contributed by atoms with Gasteiger partial charge < -0.3 is 9.84 Å². The molecule has 0 saturated heterocycles. The van der Waals surface area contributed by atoms with Gasteiger partial charge in [-0.3, -0.25) is 4.79 Å². The maximum atomic E-state index is 12.5. The number of hydrogen-bond donors (Lipinski definition) is 1. The van der Waals surface area contributed by atoms with E-state index in [4.69, 9.17) is 0 Å². The van der Waals surface area contributed by atoms with Gasteiger partial charge in [0, 0.05) is 17.2 Å². The maximum Gasteiger partial charge on any atom is 0.471 e. The van der Waals surface area contributed by atoms with E-state index in [9.17, 15) is 18.0 Å². The molecule has 1 aromatic heterocycles. The summed E-state index contributed by atoms with van der Waals surface area (Å²) in [6.45, 7) is 3.76. The van der Waals surface area contributed by atoms with Crippen molar-refractivity contribution in [1.29, 1.82) is 0 Å². The lowest BCUT2D eigenvalue weighted by molar-refractivity contribution is -0.159. The molecule has 1 aromatic carbocycles. The first-order chi connectivity index (χ1) is 10.8. The Morgan fingerprint density at radius 1 is 1.39 bits per heavy atom. The van der Waals surface area contributed by atoms with Crippen LogP contribution in [0.3, 0.4) is 0 Å². The molecular weight excluding hydrogens is 311 g/mol. The SMILES string of the molecule is Cc1cc(-c2noc(C(F)(F)F)n2)ccc1NC(=O)C1CC1C. The molecule has 122 valence electrons. The number of amides is 1. The predicted octanol–water partition coefficient (Wildman–Crippen LogP) is 3.66. The normalized spacial score (nSPS) is 20.4. The predicted molar refractivity (Wildman–Crippen MR) is 75.4 cm³/mol. The minimum atomic E-state index is -4.67. The van der Waals surface area contributed by atoms with Gasteiger partial charge >= 0.3 is 12.1 Å². The Morgan fingerprint density at radius 3 is 2.61 bits per heavy atom. The fraction of sp³-hybridized carbons (Fsp3) is 0.400. The number of aryl methyl sites for hydroxylation is 1. The van der Waals surface area contributed by atoms with E-state index < -0.39 is 12.1 Å². The van der Waals surface area contributed by atoms with Crippen molar-refractivity contribution in [2.75, 3.05) is 5.32 Å². The molecule has 1 fully saturated rings. The zero-order valence-electron chi connectivity index (χ0n) is 12.4. The highest BCUT2D eigenvalue weighted by Crippen LogP contribution is 2.38. The summed E-state index contributed by atoms with van der Waals surface area (Å²) in [5.74, 6) is -1.12. The van der Waals surface area contributed by atoms with Crippen LogP contribution in [0.25, 0.3) is 11.4 Å². The topological polar surface area (TPSA) is 68.0 Å². The van der Waals surface area contributed by atoms with Gasteiger partial charge in [-0.05, 0) is 43.0 Å². The first-order valence-corrected chi connectivity index (χ1v) is 7.08. The maximum absolute atomic E-state index is 12.5. The summed E-state index contributed by atoms with van der Waals surface area (Å²) in [7, 11) is 0. The summed E-state index contributed by atoms with van der Waals surface area (Å²) in [4.78, 5) is 15.3. The molecule has 1 heterocycles. The molecule has 0 bridgehead atoms. The van der Waals surface area contributed by atoms with Gasteiger partial charge in [-0.1, -0.05) is 12.1 Å². The van der Waals surface area contributed by atoms with Crippen LogP contribution in [0.4, 0.5) is 18.9 Å². The Hall–Kier alpha value is -2.38. The van der Waals surface area contributed by atoms with E-state index in [0.717, 1.165) is 6.42 Å². The summed E-state index contributed by atoms with van der Waals surface area (Å²) in [6, 6.07) is 4.78. The molecular formula is C15H14F3N3O2. The number of rotatable bonds is 3. The van der Waals surface area contributed by atoms with Crippen molar-refractivity contribution < 1.29 is 22.5 Å². The van der Waals surface area contributed by atoms with Crippen LogP contribution in [0.15, 0.2) is 22.7 Å². The average molecular weight is 325 g/mol. The molecule has 5 nitrogen and oxygen atoms in total. The van der Waals surface area contributed by atoms with Crippen molar-refractivity contribution in [3.05, 3.63) is 29.7 Å². The Kier molecular flexibility index (Phi) is 3.62. The van der Waals surface area contributed by atoms with E-state index in [1.165, 1.54) is 0 Å². The summed E-state index contributed by atoms with van der Waals surface area (Å²) in [5.41, 5.74) is 1.72. The van der Waals surface area contributed by atoms with Gasteiger partial charge in [0.15, 0.2) is 0 Å². The van der Waals surface area contributed by atoms with Crippen LogP contribution in [0, 0.1) is 18.8 Å². The van der Waals surface area contributed by atoms with Crippen LogP contribution in [-0.4, -0.2) is 16.0 Å². The van der Waals surface area contributed by atoms with Crippen molar-refractivity contribution in [1.82, 2.24) is 10.1 Å². The molecule has 1 aliphatic carbocycles. The fourth-order valence-corrected chi connectivity index (χ4v) is 2.31. The van der Waals surface area contributed by atoms with Gasteiger partial charge in [0.05, 0.1) is 0 Å². The molecule has 1 saturated carbocycles. The van der Waals surface area contributed by atoms with Crippen LogP contribution < -0.4 is 5.32 Å². The average Bonchev–Trinajstić information content (AvgIpc) is 3.00. The van der Waals surface area contributed by atoms with Crippen LogP contribution in [0.1, 0.15) is 24.8 Å². The van der Waals surface area contributed by atoms with Gasteiger partial charge in [-0.25, -0.2) is 0 Å². The van der Waals surface area contributed by atoms with E-state index in [1.54, 1.807) is 25.1 Å². The molecule has 1 N–H and O–H groups in total. The van der Waals surface area contributed by atoms with Gasteiger partial charge in [-0.2, -0.15) is 18.2 Å². The summed E-state index contributed by atoms with van der Waals surface area (Å²) in [5, 5.41) is 6.17. The number of carbonyl (C=O) groups is 1. The van der Waals surface area contributed by atoms with Crippen LogP contribution in [0.2, 0.25) is 0 Å². The van der Waals surface area contributed by atoms with Gasteiger partial charge in [0.25, 0.3) is 0 Å². The third-order valence-corrected chi connectivity index (χ3v) is 3.86. The van der Waals surface area contributed by atoms with E-state index in [1.807, 2.05) is 6.92 Å². The lowest BCUT2D eigenvalue weighted by atomic mass is 10.1. The highest BCUT2D eigenvalue weighted by Gasteiger charge is 2.39. The minimum Gasteiger partial charge on any atom is -0.329 e. The number of hydrogen-bond acceptors (Lipinski definition) is 4. The van der Waals surface area contributed by atoms with Crippen molar-refractivity contribution >= 4 is 11.6 Å². The largest absolute Gasteiger partial charge is 0.471 e. The molecule has 0 spiro atoms. The fourth-order valence-electron chi connectivity index (χ4n) is 2.31. The molecule has 8 heteroatoms. The van der Waals surface area contributed by atoms with Crippen LogP contribution in [-0.2, 0) is 11.0 Å². The second kappa shape index (κ2) is 5.36. The molecule has 0 radical (unpaired) electrons. The van der Waals surface area contributed by atoms with Crippen molar-refractivity contribution in [2.24, 2.45) is 11.8 Å². The molecule has 3 rings (SSSR count). The second-order valence-electron chi connectivity index (χ2n) is 5.76. The highest BCUT2D eigenvalue weighted by molar-refractivity contribution is 5.95. The lowest BCUT2D eigenvalue weighted by Crippen LogP contribution is -2.15. The van der Waals surface area contributed by atoms with E-state index in [0.29, 0.717) is 22.7 Å². The first kappa shape index (κ1) is 15.5. The minimum absolute atomic E-state index is 0.0349. The number of anilines is 1. The highest BCUT2D eigenvalue weighted by atomic mass is 19.4. The van der Waals surface area contributed by atoms with Crippen LogP contribution in [0.5, 0.6) is 0 Å². The Bertz CT molecular complexity index is 755. The smallest absolute Gasteiger partial charge is 0.329 e. The molecule has 23 heavy (non-hydrogen) atoms. The first-order valence-electron chi connectivity index (χ1n) is 7.08. The van der Waals surface area contributed by atoms with Crippen molar-refractivity contribution in [3.8, 4) is 11.4 Å². The van der Waals surface area contributed by atoms with E-state index in [-0.39, 0.29) is 17.6 Å². The summed E-state index contributed by atoms with van der Waals surface area (Å²) >= 11 is 0. The third kappa shape index (κ3) is 3.20. The number of nitrogens with zero attached hydrogens (tertiary/aromatic N) is 2. The zero-order valence-corrected chi connectivity index (χ0v) is 12.4. The zero-order chi connectivity index (χ0) is 16.8. The summed E-state index contributed by atoms with van der Waals surface area (Å²) < 4.78 is 41.6. The second-order valence-corrected chi connectivity index (χ2v) is 5.76. The number of alkyl halides is 3. The van der Waals surface area contributed by atoms with Gasteiger partial charge in [0.2, 0.25) is 11.7 Å². The molecule has 1 aliphatic rings. The molecule has 2 unspecified atom stereocenters. The van der Waals surface area contributed by atoms with Crippen LogP contribution >= 0.6 is 0 Å². The molecule has 1 amide bonds. The number of nitrogens with one attached hydrogen (secondary N) is 1. The van der Waals surface area contributed by atoms with Gasteiger partial charge in [-0.15, -0.1) is 0 Å². The Labute approximate surface area is 129 Å². The molecule has 2 atom stereocenters. The van der Waals surface area contributed by atoms with E-state index in [2.05, 4.69) is 20.0 Å². The number of carbonyl (C=O) groups excluding carboxylic acids is 1. The lowest BCUT2D eigenvalue weighted by Gasteiger charge is -2.09. The molecule has 2 aromatic rings. The third-order valence-electron chi connectivity index (χ3n) is 3.86. The standard InChI is InChI=1S/C15H14F3N3O2/c1-7-6-10(7)13(22)19-11-4-3-9(5-8(11)2)12-20-14(23-21-12)15(16,17)18/h3-5,7,10H,6H2,1-2H3,(H,19,22). The quantitative estimate of drug-likeness (QED) is 0.935. The monoisotopic (exact) mass is 325 g/mol. The Balaban J connectivity index is 1.79. The van der Waals surface area contributed by atoms with Crippen molar-refractivity contribution in [3.63, 3.8) is 0 Å². The summed E-state index contributed by atoms with van der Waals surface area (Å²) in [6.07, 6.45) is -3.79. The number of halogens is 3. The van der Waals surface area contributed by atoms with Gasteiger partial charge in [0.1, 0.15) is 0 Å². The van der Waals surface area contributed by atoms with Crippen molar-refractivity contribution in [2.45, 2.75) is 26.4 Å².